The Bertz CT molecular complexity index is 87.1. The van der Waals surface area contributed by atoms with E-state index in [9.17, 15) is 4.79 Å². The molecule has 1 aliphatic heterocycles. The number of rotatable bonds is 1. The van der Waals surface area contributed by atoms with Gasteiger partial charge >= 0.3 is 0 Å². The summed E-state index contributed by atoms with van der Waals surface area (Å²) in [6, 6.07) is 0. The Labute approximate surface area is 54.4 Å². The van der Waals surface area contributed by atoms with Crippen LogP contribution in [0.3, 0.4) is 0 Å². The topological polar surface area (TPSA) is 38.3 Å². The molecule has 9 heavy (non-hydrogen) atoms. The zero-order valence-electron chi connectivity index (χ0n) is 5.22. The molecule has 0 aromatic rings. The van der Waals surface area contributed by atoms with Gasteiger partial charge in [0.15, 0.2) is 0 Å². The molecular formula is C6H10NO2. The summed E-state index contributed by atoms with van der Waals surface area (Å²) < 4.78 is 5.07. The first kappa shape index (κ1) is 6.71. The maximum absolute atomic E-state index is 10.1. The van der Waals surface area contributed by atoms with Crippen molar-refractivity contribution in [2.45, 2.75) is 0 Å². The summed E-state index contributed by atoms with van der Waals surface area (Å²) in [7, 11) is 0. The minimum atomic E-state index is -0.0625. The van der Waals surface area contributed by atoms with E-state index in [0.29, 0.717) is 19.8 Å². The summed E-state index contributed by atoms with van der Waals surface area (Å²) in [4.78, 5) is 10.1. The Morgan fingerprint density at radius 1 is 1.67 bits per heavy atom. The Morgan fingerprint density at radius 2 is 2.56 bits per heavy atom. The van der Waals surface area contributed by atoms with Crippen molar-refractivity contribution in [2.75, 3.05) is 26.3 Å². The second kappa shape index (κ2) is 3.58. The van der Waals surface area contributed by atoms with E-state index in [1.54, 1.807) is 0 Å². The lowest BCUT2D eigenvalue weighted by Crippen LogP contribution is -2.23. The highest BCUT2D eigenvalue weighted by molar-refractivity contribution is 5.54. The predicted molar refractivity (Wildman–Crippen MR) is 32.9 cm³/mol. The van der Waals surface area contributed by atoms with E-state index in [-0.39, 0.29) is 5.92 Å². The van der Waals surface area contributed by atoms with Crippen LogP contribution >= 0.6 is 0 Å². The van der Waals surface area contributed by atoms with Crippen LogP contribution in [0.1, 0.15) is 0 Å². The van der Waals surface area contributed by atoms with Crippen LogP contribution in [0.15, 0.2) is 0 Å². The van der Waals surface area contributed by atoms with Crippen LogP contribution in [0.2, 0.25) is 0 Å². The van der Waals surface area contributed by atoms with Gasteiger partial charge in [0.1, 0.15) is 0 Å². The normalized spacial score (nSPS) is 29.1. The van der Waals surface area contributed by atoms with Gasteiger partial charge in [-0.1, -0.05) is 0 Å². The van der Waals surface area contributed by atoms with Gasteiger partial charge in [-0.05, 0) is 0 Å². The Balaban J connectivity index is 2.26. The predicted octanol–water partition coefficient (Wildman–Crippen LogP) is -0.668. The van der Waals surface area contributed by atoms with E-state index in [0.717, 1.165) is 6.54 Å². The van der Waals surface area contributed by atoms with Gasteiger partial charge in [0.25, 0.3) is 0 Å². The van der Waals surface area contributed by atoms with Crippen molar-refractivity contribution in [3.63, 3.8) is 0 Å². The zero-order valence-corrected chi connectivity index (χ0v) is 5.22. The fourth-order valence-corrected chi connectivity index (χ4v) is 0.781. The fourth-order valence-electron chi connectivity index (χ4n) is 0.781. The molecule has 1 unspecified atom stereocenters. The van der Waals surface area contributed by atoms with E-state index in [1.807, 2.05) is 6.29 Å². The Hall–Kier alpha value is -0.410. The summed E-state index contributed by atoms with van der Waals surface area (Å²) in [5.74, 6) is -0.0625. The summed E-state index contributed by atoms with van der Waals surface area (Å²) in [5.41, 5.74) is 0. The first-order chi connectivity index (χ1) is 4.43. The molecule has 0 aromatic heterocycles. The molecule has 3 heteroatoms. The van der Waals surface area contributed by atoms with Crippen molar-refractivity contribution < 1.29 is 9.53 Å². The second-order valence-corrected chi connectivity index (χ2v) is 2.09. The molecule has 0 bridgehead atoms. The highest BCUT2D eigenvalue weighted by Crippen LogP contribution is 1.94. The van der Waals surface area contributed by atoms with E-state index >= 15 is 0 Å². The largest absolute Gasteiger partial charge is 0.379 e. The zero-order chi connectivity index (χ0) is 6.53. The lowest BCUT2D eigenvalue weighted by atomic mass is 10.2. The average Bonchev–Trinajstić information content (AvgIpc) is 2.13. The first-order valence-corrected chi connectivity index (χ1v) is 3.09. The minimum absolute atomic E-state index is 0.0625. The van der Waals surface area contributed by atoms with Crippen molar-refractivity contribution in [3.05, 3.63) is 0 Å². The van der Waals surface area contributed by atoms with Crippen LogP contribution in [-0.2, 0) is 9.53 Å². The number of carbonyl (C=O) groups excluding carboxylic acids is 1. The van der Waals surface area contributed by atoms with Gasteiger partial charge in [0, 0.05) is 13.1 Å². The van der Waals surface area contributed by atoms with Gasteiger partial charge < -0.3 is 10.1 Å². The molecule has 1 fully saturated rings. The van der Waals surface area contributed by atoms with Crippen LogP contribution in [0, 0.1) is 5.92 Å². The first-order valence-electron chi connectivity index (χ1n) is 3.09. The summed E-state index contributed by atoms with van der Waals surface area (Å²) in [6.07, 6.45) is 1.91. The summed E-state index contributed by atoms with van der Waals surface area (Å²) >= 11 is 0. The van der Waals surface area contributed by atoms with Crippen molar-refractivity contribution in [3.8, 4) is 0 Å². The molecule has 1 rings (SSSR count). The molecule has 1 heterocycles. The second-order valence-electron chi connectivity index (χ2n) is 2.09. The van der Waals surface area contributed by atoms with Crippen LogP contribution in [-0.4, -0.2) is 32.6 Å². The molecule has 0 aromatic carbocycles. The highest BCUT2D eigenvalue weighted by Gasteiger charge is 2.10. The third kappa shape index (κ3) is 2.11. The van der Waals surface area contributed by atoms with Gasteiger partial charge in [0.05, 0.1) is 19.1 Å². The highest BCUT2D eigenvalue weighted by atomic mass is 16.5. The average molecular weight is 128 g/mol. The number of hydrogen-bond donors (Lipinski definition) is 1. The summed E-state index contributed by atoms with van der Waals surface area (Å²) in [5, 5.41) is 3.06. The maximum atomic E-state index is 10.1. The van der Waals surface area contributed by atoms with Crippen LogP contribution in [0.5, 0.6) is 0 Å². The van der Waals surface area contributed by atoms with Gasteiger partial charge in [0.2, 0.25) is 6.29 Å². The van der Waals surface area contributed by atoms with Crippen LogP contribution in [0.4, 0.5) is 0 Å². The molecule has 0 aliphatic carbocycles. The molecule has 51 valence electrons. The van der Waals surface area contributed by atoms with Crippen LogP contribution < -0.4 is 5.32 Å². The lowest BCUT2D eigenvalue weighted by molar-refractivity contribution is 0.138. The molecule has 1 aliphatic rings. The third-order valence-electron chi connectivity index (χ3n) is 1.30. The Morgan fingerprint density at radius 3 is 3.33 bits per heavy atom. The monoisotopic (exact) mass is 128 g/mol. The van der Waals surface area contributed by atoms with E-state index in [1.165, 1.54) is 0 Å². The molecule has 0 spiro atoms. The maximum Gasteiger partial charge on any atom is 0.205 e. The van der Waals surface area contributed by atoms with Gasteiger partial charge in [-0.3, -0.25) is 4.79 Å². The van der Waals surface area contributed by atoms with Gasteiger partial charge in [-0.15, -0.1) is 0 Å². The quantitative estimate of drug-likeness (QED) is 0.509. The Kier molecular flexibility index (Phi) is 2.67. The molecule has 1 radical (unpaired) electrons. The molecule has 3 nitrogen and oxygen atoms in total. The smallest absolute Gasteiger partial charge is 0.205 e. The number of hydrogen-bond acceptors (Lipinski definition) is 3. The van der Waals surface area contributed by atoms with E-state index < -0.39 is 0 Å². The molecular weight excluding hydrogens is 118 g/mol. The molecule has 1 saturated heterocycles. The molecule has 1 N–H and O–H groups in total. The van der Waals surface area contributed by atoms with Crippen LogP contribution in [0.25, 0.3) is 0 Å². The van der Waals surface area contributed by atoms with E-state index in [2.05, 4.69) is 5.32 Å². The molecule has 0 saturated carbocycles. The summed E-state index contributed by atoms with van der Waals surface area (Å²) in [6.45, 7) is 2.79. The van der Waals surface area contributed by atoms with Gasteiger partial charge in [-0.25, -0.2) is 0 Å². The number of nitrogens with one attached hydrogen (secondary N) is 1. The van der Waals surface area contributed by atoms with Gasteiger partial charge in [-0.2, -0.15) is 0 Å². The standard InChI is InChI=1S/C6H10NO2/c8-4-6-3-7-1-2-9-5-6/h6-7H,1-3,5H2. The number of ether oxygens (including phenoxy) is 1. The molecule has 0 amide bonds. The van der Waals surface area contributed by atoms with Crippen molar-refractivity contribution >= 4 is 6.29 Å². The van der Waals surface area contributed by atoms with Crippen molar-refractivity contribution in [1.82, 2.24) is 5.32 Å². The third-order valence-corrected chi connectivity index (χ3v) is 1.30. The lowest BCUT2D eigenvalue weighted by Gasteiger charge is -2.01. The SMILES string of the molecule is O=[C]C1CNCCOC1. The fraction of sp³-hybridized carbons (Fsp3) is 0.833. The van der Waals surface area contributed by atoms with Crippen molar-refractivity contribution in [1.29, 1.82) is 0 Å². The van der Waals surface area contributed by atoms with Crippen molar-refractivity contribution in [2.24, 2.45) is 5.92 Å². The van der Waals surface area contributed by atoms with E-state index in [4.69, 9.17) is 4.74 Å². The minimum Gasteiger partial charge on any atom is -0.379 e. The molecule has 1 atom stereocenters.